The molecule has 0 bridgehead atoms. The van der Waals surface area contributed by atoms with E-state index in [2.05, 4.69) is 12.2 Å². The molecule has 0 saturated carbocycles. The minimum absolute atomic E-state index is 0.0276. The van der Waals surface area contributed by atoms with Gasteiger partial charge in [-0.1, -0.05) is 19.8 Å². The molecule has 0 aromatic heterocycles. The minimum Gasteiger partial charge on any atom is -0.478 e. The smallest absolute Gasteiger partial charge is 0.260 e. The molecule has 20 heavy (non-hydrogen) atoms. The molecular formula is C15H19FN2O2. The highest BCUT2D eigenvalue weighted by Gasteiger charge is 2.16. The molecular weight excluding hydrogens is 259 g/mol. The molecule has 0 radical (unpaired) electrons. The number of unbranched alkanes of at least 4 members (excludes halogenated alkanes) is 2. The zero-order valence-corrected chi connectivity index (χ0v) is 11.8. The SMILES string of the molecule is CCCCCNC(=O)C(C)Oc1ccc(C#N)cc1F. The summed E-state index contributed by atoms with van der Waals surface area (Å²) >= 11 is 0. The molecule has 1 atom stereocenters. The van der Waals surface area contributed by atoms with Crippen molar-refractivity contribution in [1.29, 1.82) is 5.26 Å². The highest BCUT2D eigenvalue weighted by molar-refractivity contribution is 5.80. The molecule has 0 heterocycles. The molecule has 108 valence electrons. The quantitative estimate of drug-likeness (QED) is 0.780. The number of nitriles is 1. The minimum atomic E-state index is -0.779. The summed E-state index contributed by atoms with van der Waals surface area (Å²) in [6, 6.07) is 5.73. The summed E-state index contributed by atoms with van der Waals surface area (Å²) in [5, 5.41) is 11.4. The van der Waals surface area contributed by atoms with E-state index >= 15 is 0 Å². The van der Waals surface area contributed by atoms with Crippen LogP contribution >= 0.6 is 0 Å². The fourth-order valence-electron chi connectivity index (χ4n) is 1.64. The molecule has 1 amide bonds. The number of hydrogen-bond donors (Lipinski definition) is 1. The van der Waals surface area contributed by atoms with Crippen molar-refractivity contribution in [2.24, 2.45) is 0 Å². The van der Waals surface area contributed by atoms with E-state index in [1.54, 1.807) is 6.92 Å². The van der Waals surface area contributed by atoms with Gasteiger partial charge in [-0.25, -0.2) is 4.39 Å². The van der Waals surface area contributed by atoms with Crippen LogP contribution in [0.2, 0.25) is 0 Å². The van der Waals surface area contributed by atoms with E-state index in [1.807, 2.05) is 6.07 Å². The summed E-state index contributed by atoms with van der Waals surface area (Å²) in [6.07, 6.45) is 2.28. The average Bonchev–Trinajstić information content (AvgIpc) is 2.45. The largest absolute Gasteiger partial charge is 0.478 e. The lowest BCUT2D eigenvalue weighted by atomic mass is 10.2. The van der Waals surface area contributed by atoms with Crippen molar-refractivity contribution < 1.29 is 13.9 Å². The number of amides is 1. The third kappa shape index (κ3) is 4.88. The number of rotatable bonds is 7. The van der Waals surface area contributed by atoms with Crippen LogP contribution in [-0.2, 0) is 4.79 Å². The van der Waals surface area contributed by atoms with Gasteiger partial charge < -0.3 is 10.1 Å². The molecule has 1 N–H and O–H groups in total. The Labute approximate surface area is 118 Å². The first-order valence-electron chi connectivity index (χ1n) is 6.72. The van der Waals surface area contributed by atoms with Crippen molar-refractivity contribution in [3.05, 3.63) is 29.6 Å². The number of benzene rings is 1. The number of nitrogens with zero attached hydrogens (tertiary/aromatic N) is 1. The Morgan fingerprint density at radius 1 is 1.50 bits per heavy atom. The molecule has 0 spiro atoms. The monoisotopic (exact) mass is 278 g/mol. The normalized spacial score (nSPS) is 11.5. The van der Waals surface area contributed by atoms with E-state index in [4.69, 9.17) is 10.00 Å². The van der Waals surface area contributed by atoms with Gasteiger partial charge in [-0.3, -0.25) is 4.79 Å². The van der Waals surface area contributed by atoms with Gasteiger partial charge in [-0.2, -0.15) is 5.26 Å². The number of carbonyl (C=O) groups is 1. The fraction of sp³-hybridized carbons (Fsp3) is 0.467. The Balaban J connectivity index is 2.51. The number of ether oxygens (including phenoxy) is 1. The molecule has 0 aliphatic carbocycles. The standard InChI is InChI=1S/C15H19FN2O2/c1-3-4-5-8-18-15(19)11(2)20-14-7-6-12(10-17)9-13(14)16/h6-7,9,11H,3-5,8H2,1-2H3,(H,18,19). The Hall–Kier alpha value is -2.09. The van der Waals surface area contributed by atoms with E-state index in [9.17, 15) is 9.18 Å². The van der Waals surface area contributed by atoms with Crippen molar-refractivity contribution in [3.8, 4) is 11.8 Å². The lowest BCUT2D eigenvalue weighted by Gasteiger charge is -2.15. The van der Waals surface area contributed by atoms with Crippen LogP contribution in [0.1, 0.15) is 38.7 Å². The Morgan fingerprint density at radius 2 is 2.25 bits per heavy atom. The second-order valence-corrected chi connectivity index (χ2v) is 4.52. The van der Waals surface area contributed by atoms with Gasteiger partial charge >= 0.3 is 0 Å². The van der Waals surface area contributed by atoms with Gasteiger partial charge in [0.2, 0.25) is 0 Å². The molecule has 0 aliphatic rings. The summed E-state index contributed by atoms with van der Waals surface area (Å²) in [6.45, 7) is 4.24. The number of carbonyl (C=O) groups excluding carboxylic acids is 1. The van der Waals surface area contributed by atoms with Crippen LogP contribution in [-0.4, -0.2) is 18.6 Å². The van der Waals surface area contributed by atoms with Gasteiger partial charge in [-0.05, 0) is 31.5 Å². The van der Waals surface area contributed by atoms with Crippen molar-refractivity contribution >= 4 is 5.91 Å². The van der Waals surface area contributed by atoms with Crippen molar-refractivity contribution in [2.75, 3.05) is 6.54 Å². The summed E-state index contributed by atoms with van der Waals surface area (Å²) < 4.78 is 18.9. The number of hydrogen-bond acceptors (Lipinski definition) is 3. The Morgan fingerprint density at radius 3 is 2.85 bits per heavy atom. The van der Waals surface area contributed by atoms with E-state index < -0.39 is 11.9 Å². The fourth-order valence-corrected chi connectivity index (χ4v) is 1.64. The van der Waals surface area contributed by atoms with Gasteiger partial charge in [0.05, 0.1) is 11.6 Å². The van der Waals surface area contributed by atoms with Gasteiger partial charge in [-0.15, -0.1) is 0 Å². The van der Waals surface area contributed by atoms with E-state index in [1.165, 1.54) is 12.1 Å². The summed E-state index contributed by atoms with van der Waals surface area (Å²) in [7, 11) is 0. The van der Waals surface area contributed by atoms with Crippen LogP contribution in [0.3, 0.4) is 0 Å². The van der Waals surface area contributed by atoms with E-state index in [-0.39, 0.29) is 17.2 Å². The van der Waals surface area contributed by atoms with Crippen molar-refractivity contribution in [1.82, 2.24) is 5.32 Å². The maximum absolute atomic E-state index is 13.6. The second kappa shape index (κ2) is 8.16. The first-order valence-corrected chi connectivity index (χ1v) is 6.72. The number of halogens is 1. The highest BCUT2D eigenvalue weighted by atomic mass is 19.1. The predicted octanol–water partition coefficient (Wildman–Crippen LogP) is 2.77. The molecule has 4 nitrogen and oxygen atoms in total. The van der Waals surface area contributed by atoms with Gasteiger partial charge in [0.25, 0.3) is 5.91 Å². The third-order valence-electron chi connectivity index (χ3n) is 2.81. The molecule has 5 heteroatoms. The van der Waals surface area contributed by atoms with Gasteiger partial charge in [0, 0.05) is 6.54 Å². The second-order valence-electron chi connectivity index (χ2n) is 4.52. The van der Waals surface area contributed by atoms with Crippen LogP contribution in [0.15, 0.2) is 18.2 Å². The maximum atomic E-state index is 13.6. The number of nitrogens with one attached hydrogen (secondary N) is 1. The summed E-state index contributed by atoms with van der Waals surface area (Å²) in [5.74, 6) is -0.945. The molecule has 0 aliphatic heterocycles. The van der Waals surface area contributed by atoms with Crippen LogP contribution in [0, 0.1) is 17.1 Å². The lowest BCUT2D eigenvalue weighted by Crippen LogP contribution is -2.36. The average molecular weight is 278 g/mol. The topological polar surface area (TPSA) is 62.1 Å². The third-order valence-corrected chi connectivity index (χ3v) is 2.81. The molecule has 1 aromatic rings. The van der Waals surface area contributed by atoms with Gasteiger partial charge in [0.1, 0.15) is 0 Å². The van der Waals surface area contributed by atoms with Crippen LogP contribution in [0.4, 0.5) is 4.39 Å². The first-order chi connectivity index (χ1) is 9.58. The lowest BCUT2D eigenvalue weighted by molar-refractivity contribution is -0.127. The Bertz CT molecular complexity index is 497. The van der Waals surface area contributed by atoms with E-state index in [0.29, 0.717) is 6.54 Å². The zero-order valence-electron chi connectivity index (χ0n) is 11.8. The summed E-state index contributed by atoms with van der Waals surface area (Å²) in [4.78, 5) is 11.7. The zero-order chi connectivity index (χ0) is 15.0. The first kappa shape index (κ1) is 16.0. The molecule has 1 rings (SSSR count). The molecule has 1 unspecified atom stereocenters. The Kier molecular flexibility index (Phi) is 6.51. The molecule has 1 aromatic carbocycles. The van der Waals surface area contributed by atoms with Crippen LogP contribution < -0.4 is 10.1 Å². The molecule has 0 fully saturated rings. The predicted molar refractivity (Wildman–Crippen MR) is 73.7 cm³/mol. The van der Waals surface area contributed by atoms with Gasteiger partial charge in [0.15, 0.2) is 17.7 Å². The highest BCUT2D eigenvalue weighted by Crippen LogP contribution is 2.19. The maximum Gasteiger partial charge on any atom is 0.260 e. The summed E-state index contributed by atoms with van der Waals surface area (Å²) in [5.41, 5.74) is 0.214. The van der Waals surface area contributed by atoms with Crippen LogP contribution in [0.5, 0.6) is 5.75 Å². The van der Waals surface area contributed by atoms with Crippen LogP contribution in [0.25, 0.3) is 0 Å². The molecule has 0 saturated heterocycles. The van der Waals surface area contributed by atoms with Crippen molar-refractivity contribution in [2.45, 2.75) is 39.2 Å². The van der Waals surface area contributed by atoms with Crippen molar-refractivity contribution in [3.63, 3.8) is 0 Å². The van der Waals surface area contributed by atoms with E-state index in [0.717, 1.165) is 25.3 Å².